The van der Waals surface area contributed by atoms with E-state index in [1.807, 2.05) is 77.7 Å². The highest BCUT2D eigenvalue weighted by Crippen LogP contribution is 2.11. The van der Waals surface area contributed by atoms with Crippen molar-refractivity contribution in [1.29, 1.82) is 0 Å². The number of carbonyl (C=O) groups is 1. The van der Waals surface area contributed by atoms with E-state index in [2.05, 4.69) is 15.4 Å². The minimum atomic E-state index is -0.146. The second-order valence-corrected chi connectivity index (χ2v) is 6.12. The molecule has 4 rings (SSSR count). The van der Waals surface area contributed by atoms with E-state index in [0.717, 1.165) is 16.9 Å². The van der Waals surface area contributed by atoms with Gasteiger partial charge in [-0.05, 0) is 36.2 Å². The highest BCUT2D eigenvalue weighted by Gasteiger charge is 2.12. The van der Waals surface area contributed by atoms with E-state index in [4.69, 9.17) is 0 Å². The lowest BCUT2D eigenvalue weighted by Crippen LogP contribution is -2.27. The minimum absolute atomic E-state index is 0.146. The summed E-state index contributed by atoms with van der Waals surface area (Å²) in [5, 5.41) is 7.33. The van der Waals surface area contributed by atoms with Gasteiger partial charge >= 0.3 is 0 Å². The van der Waals surface area contributed by atoms with Gasteiger partial charge in [-0.15, -0.1) is 0 Å². The molecule has 0 spiro atoms. The van der Waals surface area contributed by atoms with Crippen LogP contribution < -0.4 is 5.32 Å². The number of imidazole rings is 1. The Morgan fingerprint density at radius 1 is 0.926 bits per heavy atom. The van der Waals surface area contributed by atoms with E-state index in [9.17, 15) is 4.79 Å². The third-order valence-electron chi connectivity index (χ3n) is 4.26. The van der Waals surface area contributed by atoms with Crippen LogP contribution in [-0.4, -0.2) is 31.8 Å². The maximum Gasteiger partial charge on any atom is 0.269 e. The first-order chi connectivity index (χ1) is 13.3. The van der Waals surface area contributed by atoms with Crippen molar-refractivity contribution in [2.75, 3.05) is 6.54 Å². The summed E-state index contributed by atoms with van der Waals surface area (Å²) in [7, 11) is 0. The summed E-state index contributed by atoms with van der Waals surface area (Å²) in [5.74, 6) is -0.146. The fourth-order valence-electron chi connectivity index (χ4n) is 2.88. The zero-order valence-corrected chi connectivity index (χ0v) is 14.7. The zero-order valence-electron chi connectivity index (χ0n) is 14.7. The van der Waals surface area contributed by atoms with E-state index >= 15 is 0 Å². The first kappa shape index (κ1) is 16.8. The smallest absolute Gasteiger partial charge is 0.269 e. The Hall–Kier alpha value is -3.67. The summed E-state index contributed by atoms with van der Waals surface area (Å²) < 4.78 is 3.62. The van der Waals surface area contributed by atoms with E-state index in [0.29, 0.717) is 18.7 Å². The van der Waals surface area contributed by atoms with E-state index in [1.165, 1.54) is 0 Å². The van der Waals surface area contributed by atoms with Gasteiger partial charge in [0, 0.05) is 18.4 Å². The predicted molar refractivity (Wildman–Crippen MR) is 103 cm³/mol. The molecule has 2 aromatic heterocycles. The van der Waals surface area contributed by atoms with Crippen LogP contribution >= 0.6 is 0 Å². The molecule has 0 aliphatic rings. The molecule has 0 radical (unpaired) electrons. The first-order valence-electron chi connectivity index (χ1n) is 8.76. The Bertz CT molecular complexity index is 1020. The topological polar surface area (TPSA) is 64.7 Å². The molecule has 134 valence electrons. The first-order valence-corrected chi connectivity index (χ1v) is 8.76. The van der Waals surface area contributed by atoms with Gasteiger partial charge in [-0.1, -0.05) is 36.4 Å². The average molecular weight is 357 g/mol. The fraction of sp³-hybridized carbons (Fsp3) is 0.0952. The van der Waals surface area contributed by atoms with E-state index < -0.39 is 0 Å². The van der Waals surface area contributed by atoms with Crippen LogP contribution in [0.25, 0.3) is 11.4 Å². The van der Waals surface area contributed by atoms with E-state index in [-0.39, 0.29) is 5.91 Å². The predicted octanol–water partition coefficient (Wildman–Crippen LogP) is 3.03. The van der Waals surface area contributed by atoms with Crippen LogP contribution in [0.15, 0.2) is 85.6 Å². The summed E-state index contributed by atoms with van der Waals surface area (Å²) in [6.45, 7) is 0.527. The molecule has 4 aromatic rings. The number of carbonyl (C=O) groups excluding carboxylic acids is 1. The number of aromatic nitrogens is 4. The molecule has 1 N–H and O–H groups in total. The third kappa shape index (κ3) is 3.79. The average Bonchev–Trinajstić information content (AvgIpc) is 3.39. The Kier molecular flexibility index (Phi) is 4.78. The molecule has 0 saturated carbocycles. The van der Waals surface area contributed by atoms with Gasteiger partial charge in [0.05, 0.1) is 24.4 Å². The number of nitrogens with one attached hydrogen (secondary N) is 1. The number of amides is 1. The second-order valence-electron chi connectivity index (χ2n) is 6.12. The molecule has 27 heavy (non-hydrogen) atoms. The van der Waals surface area contributed by atoms with Gasteiger partial charge in [-0.2, -0.15) is 5.10 Å². The lowest BCUT2D eigenvalue weighted by Gasteiger charge is -2.08. The summed E-state index contributed by atoms with van der Waals surface area (Å²) in [4.78, 5) is 16.6. The third-order valence-corrected chi connectivity index (χ3v) is 4.26. The number of nitrogens with zero attached hydrogens (tertiary/aromatic N) is 4. The van der Waals surface area contributed by atoms with Crippen LogP contribution in [0.3, 0.4) is 0 Å². The van der Waals surface area contributed by atoms with Crippen molar-refractivity contribution >= 4 is 5.91 Å². The Balaban J connectivity index is 1.37. The number of hydrogen-bond acceptors (Lipinski definition) is 3. The van der Waals surface area contributed by atoms with Crippen molar-refractivity contribution in [2.45, 2.75) is 6.42 Å². The molecule has 0 bridgehead atoms. The van der Waals surface area contributed by atoms with Crippen LogP contribution in [-0.2, 0) is 6.42 Å². The number of para-hydroxylation sites is 2. The molecule has 2 heterocycles. The molecule has 0 aliphatic carbocycles. The largest absolute Gasteiger partial charge is 0.350 e. The second kappa shape index (κ2) is 7.70. The summed E-state index contributed by atoms with van der Waals surface area (Å²) >= 11 is 0. The van der Waals surface area contributed by atoms with Crippen LogP contribution in [0.4, 0.5) is 0 Å². The molecule has 0 aliphatic heterocycles. The van der Waals surface area contributed by atoms with Crippen molar-refractivity contribution in [2.24, 2.45) is 0 Å². The van der Waals surface area contributed by atoms with Gasteiger partial charge in [-0.3, -0.25) is 9.36 Å². The quantitative estimate of drug-likeness (QED) is 0.577. The van der Waals surface area contributed by atoms with Gasteiger partial charge in [0.2, 0.25) is 0 Å². The van der Waals surface area contributed by atoms with Crippen molar-refractivity contribution in [1.82, 2.24) is 24.6 Å². The molecule has 6 heteroatoms. The fourth-order valence-corrected chi connectivity index (χ4v) is 2.88. The van der Waals surface area contributed by atoms with Crippen LogP contribution in [0.5, 0.6) is 0 Å². The molecule has 0 fully saturated rings. The van der Waals surface area contributed by atoms with Gasteiger partial charge in [0.1, 0.15) is 5.69 Å². The summed E-state index contributed by atoms with van der Waals surface area (Å²) in [6.07, 6.45) is 7.74. The highest BCUT2D eigenvalue weighted by molar-refractivity contribution is 5.93. The summed E-state index contributed by atoms with van der Waals surface area (Å²) in [5.41, 5.74) is 3.50. The van der Waals surface area contributed by atoms with Crippen molar-refractivity contribution in [3.8, 4) is 11.4 Å². The summed E-state index contributed by atoms with van der Waals surface area (Å²) in [6, 6.07) is 19.6. The Labute approximate surface area is 157 Å². The molecular weight excluding hydrogens is 338 g/mol. The normalized spacial score (nSPS) is 10.7. The number of benzene rings is 2. The zero-order chi connectivity index (χ0) is 18.5. The van der Waals surface area contributed by atoms with Gasteiger partial charge in [-0.25, -0.2) is 9.67 Å². The lowest BCUT2D eigenvalue weighted by molar-refractivity contribution is 0.0947. The standard InChI is InChI=1S/C21H19N5O/c27-21(20-14-22-16-25(20)18-7-3-1-4-8-18)23-12-11-17-13-24-26(15-17)19-9-5-2-6-10-19/h1-10,13-16H,11-12H2,(H,23,27). The SMILES string of the molecule is O=C(NCCc1cnn(-c2ccccc2)c1)c1cncn1-c1ccccc1. The molecule has 0 atom stereocenters. The Morgan fingerprint density at radius 2 is 1.63 bits per heavy atom. The number of rotatable bonds is 6. The van der Waals surface area contributed by atoms with Gasteiger partial charge < -0.3 is 5.32 Å². The minimum Gasteiger partial charge on any atom is -0.350 e. The van der Waals surface area contributed by atoms with Crippen LogP contribution in [0, 0.1) is 0 Å². The lowest BCUT2D eigenvalue weighted by atomic mass is 10.2. The monoisotopic (exact) mass is 357 g/mol. The molecule has 6 nitrogen and oxygen atoms in total. The highest BCUT2D eigenvalue weighted by atomic mass is 16.1. The molecule has 1 amide bonds. The number of hydrogen-bond donors (Lipinski definition) is 1. The maximum atomic E-state index is 12.5. The molecule has 2 aromatic carbocycles. The maximum absolute atomic E-state index is 12.5. The van der Waals surface area contributed by atoms with Gasteiger partial charge in [0.15, 0.2) is 0 Å². The molecule has 0 unspecified atom stereocenters. The van der Waals surface area contributed by atoms with E-state index in [1.54, 1.807) is 17.1 Å². The van der Waals surface area contributed by atoms with Crippen LogP contribution in [0.2, 0.25) is 0 Å². The molecule has 0 saturated heterocycles. The molecular formula is C21H19N5O. The van der Waals surface area contributed by atoms with Gasteiger partial charge in [0.25, 0.3) is 5.91 Å². The van der Waals surface area contributed by atoms with Crippen molar-refractivity contribution in [3.05, 3.63) is 96.8 Å². The van der Waals surface area contributed by atoms with Crippen molar-refractivity contribution < 1.29 is 4.79 Å². The van der Waals surface area contributed by atoms with Crippen LogP contribution in [0.1, 0.15) is 16.1 Å². The van der Waals surface area contributed by atoms with Crippen molar-refractivity contribution in [3.63, 3.8) is 0 Å². The Morgan fingerprint density at radius 3 is 2.37 bits per heavy atom.